The Morgan fingerprint density at radius 1 is 1.43 bits per heavy atom. The van der Waals surface area contributed by atoms with Crippen LogP contribution in [0.5, 0.6) is 5.75 Å². The van der Waals surface area contributed by atoms with Crippen molar-refractivity contribution in [2.75, 3.05) is 19.7 Å². The number of carbonyl (C=O) groups is 1. The first-order valence-electron chi connectivity index (χ1n) is 6.65. The highest BCUT2D eigenvalue weighted by atomic mass is 19.4. The van der Waals surface area contributed by atoms with Crippen molar-refractivity contribution < 1.29 is 27.8 Å². The van der Waals surface area contributed by atoms with E-state index in [-0.39, 0.29) is 24.0 Å². The first-order chi connectivity index (χ1) is 9.89. The lowest BCUT2D eigenvalue weighted by atomic mass is 9.98. The lowest BCUT2D eigenvalue weighted by Gasteiger charge is -2.32. The number of amides is 1. The number of likely N-dealkylation sites (tertiary alicyclic amines) is 1. The van der Waals surface area contributed by atoms with Crippen LogP contribution >= 0.6 is 0 Å². The van der Waals surface area contributed by atoms with Gasteiger partial charge in [0.15, 0.2) is 0 Å². The minimum Gasteiger partial charge on any atom is -0.406 e. The number of carbonyl (C=O) groups excluding carboxylic acids is 1. The summed E-state index contributed by atoms with van der Waals surface area (Å²) in [5.41, 5.74) is 0.148. The molecule has 1 atom stereocenters. The summed E-state index contributed by atoms with van der Waals surface area (Å²) in [5.74, 6) is -0.734. The number of benzene rings is 1. The average Bonchev–Trinajstić information content (AvgIpc) is 2.45. The first-order valence-corrected chi connectivity index (χ1v) is 6.65. The maximum Gasteiger partial charge on any atom is 0.573 e. The third-order valence-electron chi connectivity index (χ3n) is 3.38. The van der Waals surface area contributed by atoms with Crippen molar-refractivity contribution in [1.29, 1.82) is 0 Å². The predicted octanol–water partition coefficient (Wildman–Crippen LogP) is 2.43. The summed E-state index contributed by atoms with van der Waals surface area (Å²) in [5, 5.41) is 9.15. The minimum absolute atomic E-state index is 0.000997. The van der Waals surface area contributed by atoms with Crippen molar-refractivity contribution >= 4 is 5.91 Å². The van der Waals surface area contributed by atoms with E-state index >= 15 is 0 Å². The molecule has 1 aromatic rings. The van der Waals surface area contributed by atoms with Gasteiger partial charge in [0.1, 0.15) is 5.75 Å². The molecule has 1 unspecified atom stereocenters. The number of rotatable bonds is 3. The van der Waals surface area contributed by atoms with Crippen LogP contribution in [-0.2, 0) is 0 Å². The van der Waals surface area contributed by atoms with Crippen LogP contribution in [0.25, 0.3) is 0 Å². The molecule has 1 amide bonds. The molecule has 1 aliphatic heterocycles. The van der Waals surface area contributed by atoms with E-state index in [9.17, 15) is 18.0 Å². The number of hydrogen-bond acceptors (Lipinski definition) is 3. The fraction of sp³-hybridized carbons (Fsp3) is 0.500. The smallest absolute Gasteiger partial charge is 0.406 e. The molecule has 7 heteroatoms. The van der Waals surface area contributed by atoms with Gasteiger partial charge in [0.25, 0.3) is 5.91 Å². The second-order valence-electron chi connectivity index (χ2n) is 5.02. The highest BCUT2D eigenvalue weighted by molar-refractivity contribution is 5.94. The number of nitrogens with zero attached hydrogens (tertiary/aromatic N) is 1. The molecule has 1 fully saturated rings. The van der Waals surface area contributed by atoms with Gasteiger partial charge in [0.2, 0.25) is 0 Å². The third kappa shape index (κ3) is 4.35. The highest BCUT2D eigenvalue weighted by Gasteiger charge is 2.31. The molecule has 1 saturated heterocycles. The molecule has 0 aliphatic carbocycles. The van der Waals surface area contributed by atoms with Gasteiger partial charge in [0.05, 0.1) is 0 Å². The van der Waals surface area contributed by atoms with Crippen LogP contribution in [-0.4, -0.2) is 42.0 Å². The summed E-state index contributed by atoms with van der Waals surface area (Å²) in [7, 11) is 0. The van der Waals surface area contributed by atoms with E-state index in [1.807, 2.05) is 0 Å². The van der Waals surface area contributed by atoms with Crippen LogP contribution in [0.3, 0.4) is 0 Å². The summed E-state index contributed by atoms with van der Waals surface area (Å²) in [6.45, 7) is 0.959. The standard InChI is InChI=1S/C14H16F3NO3/c15-14(16,17)21-12-5-1-4-11(7-12)13(20)18-6-2-3-10(8-18)9-19/h1,4-5,7,10,19H,2-3,6,8-9H2. The van der Waals surface area contributed by atoms with Gasteiger partial charge < -0.3 is 14.7 Å². The zero-order valence-electron chi connectivity index (χ0n) is 11.3. The van der Waals surface area contributed by atoms with Gasteiger partial charge in [-0.3, -0.25) is 4.79 Å². The number of aliphatic hydroxyl groups is 1. The molecule has 4 nitrogen and oxygen atoms in total. The average molecular weight is 303 g/mol. The Labute approximate surface area is 120 Å². The van der Waals surface area contributed by atoms with E-state index in [1.54, 1.807) is 4.90 Å². The third-order valence-corrected chi connectivity index (χ3v) is 3.38. The van der Waals surface area contributed by atoms with Crippen molar-refractivity contribution in [1.82, 2.24) is 4.90 Å². The number of aliphatic hydroxyl groups excluding tert-OH is 1. The van der Waals surface area contributed by atoms with Gasteiger partial charge in [-0.15, -0.1) is 13.2 Å². The fourth-order valence-corrected chi connectivity index (χ4v) is 2.41. The van der Waals surface area contributed by atoms with Gasteiger partial charge in [0, 0.05) is 25.3 Å². The Morgan fingerprint density at radius 2 is 2.19 bits per heavy atom. The summed E-state index contributed by atoms with van der Waals surface area (Å²) in [6.07, 6.45) is -3.16. The monoisotopic (exact) mass is 303 g/mol. The lowest BCUT2D eigenvalue weighted by Crippen LogP contribution is -2.40. The summed E-state index contributed by atoms with van der Waals surface area (Å²) < 4.78 is 40.4. The quantitative estimate of drug-likeness (QED) is 0.933. The zero-order valence-corrected chi connectivity index (χ0v) is 11.3. The van der Waals surface area contributed by atoms with Gasteiger partial charge in [-0.1, -0.05) is 6.07 Å². The number of ether oxygens (including phenoxy) is 1. The Kier molecular flexibility index (Phi) is 4.72. The van der Waals surface area contributed by atoms with Crippen molar-refractivity contribution in [3.63, 3.8) is 0 Å². The summed E-state index contributed by atoms with van der Waals surface area (Å²) in [4.78, 5) is 13.8. The van der Waals surface area contributed by atoms with Crippen LogP contribution in [0.1, 0.15) is 23.2 Å². The Balaban J connectivity index is 2.10. The summed E-state index contributed by atoms with van der Waals surface area (Å²) >= 11 is 0. The number of hydrogen-bond donors (Lipinski definition) is 1. The fourth-order valence-electron chi connectivity index (χ4n) is 2.41. The highest BCUT2D eigenvalue weighted by Crippen LogP contribution is 2.25. The van der Waals surface area contributed by atoms with Crippen LogP contribution in [0, 0.1) is 5.92 Å². The first kappa shape index (κ1) is 15.6. The van der Waals surface area contributed by atoms with E-state index in [0.717, 1.165) is 25.0 Å². The molecule has 116 valence electrons. The van der Waals surface area contributed by atoms with Crippen molar-refractivity contribution in [3.05, 3.63) is 29.8 Å². The molecule has 1 aromatic carbocycles. The number of piperidine rings is 1. The molecule has 21 heavy (non-hydrogen) atoms. The van der Waals surface area contributed by atoms with Crippen molar-refractivity contribution in [3.8, 4) is 5.75 Å². The van der Waals surface area contributed by atoms with Gasteiger partial charge in [-0.05, 0) is 37.0 Å². The van der Waals surface area contributed by atoms with Crippen LogP contribution in [0.2, 0.25) is 0 Å². The largest absolute Gasteiger partial charge is 0.573 e. The van der Waals surface area contributed by atoms with Crippen LogP contribution in [0.4, 0.5) is 13.2 Å². The Bertz CT molecular complexity index is 504. The number of halogens is 3. The maximum atomic E-state index is 12.3. The molecule has 1 heterocycles. The molecule has 1 N–H and O–H groups in total. The molecule has 1 aliphatic rings. The Morgan fingerprint density at radius 3 is 2.86 bits per heavy atom. The molecular formula is C14H16F3NO3. The second-order valence-corrected chi connectivity index (χ2v) is 5.02. The van der Waals surface area contributed by atoms with E-state index in [2.05, 4.69) is 4.74 Å². The zero-order chi connectivity index (χ0) is 15.5. The van der Waals surface area contributed by atoms with Crippen LogP contribution in [0.15, 0.2) is 24.3 Å². The molecule has 0 bridgehead atoms. The summed E-state index contributed by atoms with van der Waals surface area (Å²) in [6, 6.07) is 5.03. The van der Waals surface area contributed by atoms with Gasteiger partial charge in [-0.2, -0.15) is 0 Å². The van der Waals surface area contributed by atoms with Crippen molar-refractivity contribution in [2.24, 2.45) is 5.92 Å². The SMILES string of the molecule is O=C(c1cccc(OC(F)(F)F)c1)N1CCCC(CO)C1. The van der Waals surface area contributed by atoms with E-state index in [4.69, 9.17) is 5.11 Å². The minimum atomic E-state index is -4.78. The van der Waals surface area contributed by atoms with Gasteiger partial charge >= 0.3 is 6.36 Å². The normalized spacial score (nSPS) is 19.4. The molecule has 0 saturated carbocycles. The van der Waals surface area contributed by atoms with E-state index in [1.165, 1.54) is 12.1 Å². The van der Waals surface area contributed by atoms with E-state index in [0.29, 0.717) is 13.1 Å². The molecule has 2 rings (SSSR count). The van der Waals surface area contributed by atoms with Crippen molar-refractivity contribution in [2.45, 2.75) is 19.2 Å². The molecule has 0 aromatic heterocycles. The molecular weight excluding hydrogens is 287 g/mol. The lowest BCUT2D eigenvalue weighted by molar-refractivity contribution is -0.274. The molecule has 0 radical (unpaired) electrons. The second kappa shape index (κ2) is 6.34. The van der Waals surface area contributed by atoms with Crippen LogP contribution < -0.4 is 4.74 Å². The Hall–Kier alpha value is -1.76. The maximum absolute atomic E-state index is 12.3. The topological polar surface area (TPSA) is 49.8 Å². The number of alkyl halides is 3. The predicted molar refractivity (Wildman–Crippen MR) is 68.8 cm³/mol. The van der Waals surface area contributed by atoms with Gasteiger partial charge in [-0.25, -0.2) is 0 Å². The van der Waals surface area contributed by atoms with E-state index < -0.39 is 12.1 Å². The molecule has 0 spiro atoms.